The van der Waals surface area contributed by atoms with Crippen molar-refractivity contribution in [1.29, 1.82) is 5.26 Å². The molecule has 0 spiro atoms. The SMILES string of the molecule is Cn1cc(-c2cc(-c3ccc(N4CCN(C#Cc5ccccn5)CC4)nc3)c3c(C#N)cnn3c2)cn1. The number of piperazine rings is 1. The Morgan fingerprint density at radius 2 is 1.76 bits per heavy atom. The second-order valence-electron chi connectivity index (χ2n) is 8.84. The van der Waals surface area contributed by atoms with Crippen LogP contribution in [0.1, 0.15) is 11.3 Å². The topological polar surface area (TPSA) is 91.2 Å². The average molecular weight is 486 g/mol. The molecule has 1 saturated heterocycles. The molecule has 0 saturated carbocycles. The van der Waals surface area contributed by atoms with E-state index in [4.69, 9.17) is 4.98 Å². The van der Waals surface area contributed by atoms with Gasteiger partial charge in [-0.3, -0.25) is 4.68 Å². The summed E-state index contributed by atoms with van der Waals surface area (Å²) in [6.45, 7) is 3.34. The zero-order valence-electron chi connectivity index (χ0n) is 20.3. The molecule has 1 aliphatic heterocycles. The molecule has 6 heterocycles. The molecule has 0 atom stereocenters. The molecule has 0 aromatic carbocycles. The van der Waals surface area contributed by atoms with Gasteiger partial charge >= 0.3 is 0 Å². The summed E-state index contributed by atoms with van der Waals surface area (Å²) >= 11 is 0. The van der Waals surface area contributed by atoms with E-state index in [1.807, 2.05) is 56.1 Å². The number of aryl methyl sites for hydroxylation is 1. The van der Waals surface area contributed by atoms with Gasteiger partial charge in [0.25, 0.3) is 0 Å². The van der Waals surface area contributed by atoms with Gasteiger partial charge in [-0.25, -0.2) is 14.5 Å². The Morgan fingerprint density at radius 3 is 2.46 bits per heavy atom. The molecule has 1 fully saturated rings. The number of nitriles is 1. The van der Waals surface area contributed by atoms with Crippen molar-refractivity contribution in [2.24, 2.45) is 7.05 Å². The zero-order chi connectivity index (χ0) is 25.2. The monoisotopic (exact) mass is 485 g/mol. The minimum atomic E-state index is 0.528. The molecule has 0 amide bonds. The number of anilines is 1. The van der Waals surface area contributed by atoms with E-state index >= 15 is 0 Å². The molecule has 0 unspecified atom stereocenters. The number of rotatable bonds is 3. The zero-order valence-corrected chi connectivity index (χ0v) is 20.3. The van der Waals surface area contributed by atoms with Crippen LogP contribution in [0.5, 0.6) is 0 Å². The van der Waals surface area contributed by atoms with Crippen LogP contribution in [-0.2, 0) is 7.05 Å². The van der Waals surface area contributed by atoms with Gasteiger partial charge in [-0.1, -0.05) is 6.07 Å². The van der Waals surface area contributed by atoms with Crippen molar-refractivity contribution >= 4 is 11.3 Å². The molecular formula is C28H23N9. The lowest BCUT2D eigenvalue weighted by Gasteiger charge is -2.33. The molecule has 9 heteroatoms. The van der Waals surface area contributed by atoms with Crippen LogP contribution >= 0.6 is 0 Å². The highest BCUT2D eigenvalue weighted by Gasteiger charge is 2.18. The largest absolute Gasteiger partial charge is 0.353 e. The molecule has 1 aliphatic rings. The third kappa shape index (κ3) is 4.46. The normalized spacial score (nSPS) is 13.3. The number of hydrogen-bond acceptors (Lipinski definition) is 7. The lowest BCUT2D eigenvalue weighted by atomic mass is 10.0. The summed E-state index contributed by atoms with van der Waals surface area (Å²) in [6.07, 6.45) is 10.9. The Labute approximate surface area is 214 Å². The summed E-state index contributed by atoms with van der Waals surface area (Å²) in [5.41, 5.74) is 5.86. The third-order valence-corrected chi connectivity index (χ3v) is 6.44. The van der Waals surface area contributed by atoms with Crippen molar-refractivity contribution in [2.45, 2.75) is 0 Å². The standard InChI is InChI=1S/C28H23N9/c1-34-19-24(18-32-34)22-14-26(28-23(15-29)17-33-37(28)20-22)21-5-6-27(31-16-21)36-12-10-35(11-13-36)9-7-25-4-2-3-8-30-25/h2-6,8,14,16-20H,10-13H2,1H3. The van der Waals surface area contributed by atoms with E-state index in [9.17, 15) is 5.26 Å². The summed E-state index contributed by atoms with van der Waals surface area (Å²) in [5.74, 6) is 4.05. The maximum atomic E-state index is 9.67. The van der Waals surface area contributed by atoms with Crippen molar-refractivity contribution in [3.05, 3.63) is 84.8 Å². The van der Waals surface area contributed by atoms with E-state index in [2.05, 4.69) is 55.1 Å². The van der Waals surface area contributed by atoms with Gasteiger partial charge in [-0.2, -0.15) is 15.5 Å². The summed E-state index contributed by atoms with van der Waals surface area (Å²) in [4.78, 5) is 13.4. The lowest BCUT2D eigenvalue weighted by molar-refractivity contribution is 0.367. The van der Waals surface area contributed by atoms with E-state index in [1.165, 1.54) is 0 Å². The fraction of sp³-hybridized carbons (Fsp3) is 0.179. The van der Waals surface area contributed by atoms with Crippen LogP contribution in [0.3, 0.4) is 0 Å². The molecule has 0 radical (unpaired) electrons. The second kappa shape index (κ2) is 9.48. The van der Waals surface area contributed by atoms with Gasteiger partial charge in [-0.05, 0) is 36.3 Å². The maximum Gasteiger partial charge on any atom is 0.128 e. The van der Waals surface area contributed by atoms with Gasteiger partial charge in [0.2, 0.25) is 0 Å². The van der Waals surface area contributed by atoms with Gasteiger partial charge in [-0.15, -0.1) is 0 Å². The Hall–Kier alpha value is -5.15. The molecule has 0 N–H and O–H groups in total. The Bertz CT molecular complexity index is 1660. The Balaban J connectivity index is 1.24. The quantitative estimate of drug-likeness (QED) is 0.363. The van der Waals surface area contributed by atoms with Crippen molar-refractivity contribution in [1.82, 2.24) is 34.3 Å². The van der Waals surface area contributed by atoms with Crippen molar-refractivity contribution in [3.63, 3.8) is 0 Å². The average Bonchev–Trinajstić information content (AvgIpc) is 3.58. The van der Waals surface area contributed by atoms with Gasteiger partial charge in [0.15, 0.2) is 0 Å². The Kier molecular flexibility index (Phi) is 5.72. The predicted octanol–water partition coefficient (Wildman–Crippen LogP) is 3.19. The molecule has 37 heavy (non-hydrogen) atoms. The van der Waals surface area contributed by atoms with Crippen LogP contribution in [0.2, 0.25) is 0 Å². The van der Waals surface area contributed by atoms with E-state index in [-0.39, 0.29) is 0 Å². The summed E-state index contributed by atoms with van der Waals surface area (Å²) in [6, 6.07) is 17.4. The third-order valence-electron chi connectivity index (χ3n) is 6.44. The second-order valence-corrected chi connectivity index (χ2v) is 8.84. The molecule has 5 aromatic heterocycles. The number of nitrogens with zero attached hydrogens (tertiary/aromatic N) is 9. The van der Waals surface area contributed by atoms with Crippen LogP contribution in [0.25, 0.3) is 27.8 Å². The van der Waals surface area contributed by atoms with Crippen molar-refractivity contribution in [2.75, 3.05) is 31.1 Å². The molecule has 6 rings (SSSR count). The minimum absolute atomic E-state index is 0.528. The van der Waals surface area contributed by atoms with Gasteiger partial charge in [0, 0.05) is 86.3 Å². The summed E-state index contributed by atoms with van der Waals surface area (Å²) < 4.78 is 3.53. The molecule has 9 nitrogen and oxygen atoms in total. The first-order chi connectivity index (χ1) is 18.2. The number of aromatic nitrogens is 6. The summed E-state index contributed by atoms with van der Waals surface area (Å²) in [5, 5.41) is 18.4. The van der Waals surface area contributed by atoms with Crippen LogP contribution in [0, 0.1) is 23.3 Å². The fourth-order valence-corrected chi connectivity index (χ4v) is 4.50. The van der Waals surface area contributed by atoms with E-state index < -0.39 is 0 Å². The van der Waals surface area contributed by atoms with E-state index in [0.717, 1.165) is 65.5 Å². The van der Waals surface area contributed by atoms with E-state index in [0.29, 0.717) is 5.56 Å². The first-order valence-corrected chi connectivity index (χ1v) is 12.0. The fourth-order valence-electron chi connectivity index (χ4n) is 4.50. The highest BCUT2D eigenvalue weighted by atomic mass is 15.3. The first-order valence-electron chi connectivity index (χ1n) is 12.0. The predicted molar refractivity (Wildman–Crippen MR) is 140 cm³/mol. The molecule has 0 bridgehead atoms. The van der Waals surface area contributed by atoms with Gasteiger partial charge < -0.3 is 9.80 Å². The van der Waals surface area contributed by atoms with Crippen LogP contribution in [-0.4, -0.2) is 60.4 Å². The van der Waals surface area contributed by atoms with Crippen LogP contribution in [0.4, 0.5) is 5.82 Å². The summed E-state index contributed by atoms with van der Waals surface area (Å²) in [7, 11) is 1.89. The molecular weight excluding hydrogens is 462 g/mol. The van der Waals surface area contributed by atoms with Crippen molar-refractivity contribution < 1.29 is 0 Å². The number of fused-ring (bicyclic) bond motifs is 1. The van der Waals surface area contributed by atoms with Crippen LogP contribution < -0.4 is 4.90 Å². The lowest BCUT2D eigenvalue weighted by Crippen LogP contribution is -2.44. The molecule has 180 valence electrons. The van der Waals surface area contributed by atoms with Crippen LogP contribution in [0.15, 0.2) is 73.6 Å². The first kappa shape index (κ1) is 22.3. The number of hydrogen-bond donors (Lipinski definition) is 0. The number of pyridine rings is 3. The van der Waals surface area contributed by atoms with Gasteiger partial charge in [0.1, 0.15) is 17.6 Å². The van der Waals surface area contributed by atoms with E-state index in [1.54, 1.807) is 21.6 Å². The highest BCUT2D eigenvalue weighted by molar-refractivity contribution is 5.87. The molecule has 5 aromatic rings. The van der Waals surface area contributed by atoms with Crippen molar-refractivity contribution in [3.8, 4) is 40.3 Å². The maximum absolute atomic E-state index is 9.67. The smallest absolute Gasteiger partial charge is 0.128 e. The Morgan fingerprint density at radius 1 is 0.865 bits per heavy atom. The molecule has 0 aliphatic carbocycles. The highest BCUT2D eigenvalue weighted by Crippen LogP contribution is 2.32. The minimum Gasteiger partial charge on any atom is -0.353 e. The van der Waals surface area contributed by atoms with Gasteiger partial charge in [0.05, 0.1) is 23.5 Å².